The molecule has 0 radical (unpaired) electrons. The average molecular weight is 264 g/mol. The van der Waals surface area contributed by atoms with Gasteiger partial charge in [-0.15, -0.1) is 6.42 Å². The van der Waals surface area contributed by atoms with Crippen LogP contribution in [0, 0.1) is 29.9 Å². The van der Waals surface area contributed by atoms with Crippen molar-refractivity contribution in [1.29, 1.82) is 0 Å². The first kappa shape index (κ1) is 13.3. The first-order valence-corrected chi connectivity index (χ1v) is 6.04. The minimum absolute atomic E-state index is 0.0516. The lowest BCUT2D eigenvalue weighted by Gasteiger charge is -2.20. The molecule has 1 aromatic rings. The van der Waals surface area contributed by atoms with Crippen LogP contribution in [0.4, 0.5) is 19.3 Å². The zero-order chi connectivity index (χ0) is 13.8. The van der Waals surface area contributed by atoms with Gasteiger partial charge in [0.05, 0.1) is 12.2 Å². The molecule has 0 aliphatic heterocycles. The van der Waals surface area contributed by atoms with Gasteiger partial charge >= 0.3 is 6.03 Å². The number of amides is 2. The van der Waals surface area contributed by atoms with E-state index in [1.807, 2.05) is 0 Å². The molecule has 3 nitrogen and oxygen atoms in total. The summed E-state index contributed by atoms with van der Waals surface area (Å²) in [6.07, 6.45) is 7.38. The number of hydrogen-bond donors (Lipinski definition) is 1. The Hall–Kier alpha value is -2.09. The maximum absolute atomic E-state index is 13.4. The topological polar surface area (TPSA) is 32.3 Å². The minimum Gasteiger partial charge on any atom is -0.313 e. The SMILES string of the molecule is C#CCN(CC1CC1)C(=O)Nc1ccc(F)cc1F. The third-order valence-electron chi connectivity index (χ3n) is 2.92. The quantitative estimate of drug-likeness (QED) is 0.833. The van der Waals surface area contributed by atoms with E-state index in [0.717, 1.165) is 25.0 Å². The summed E-state index contributed by atoms with van der Waals surface area (Å²) in [5, 5.41) is 2.41. The van der Waals surface area contributed by atoms with Gasteiger partial charge in [0.15, 0.2) is 0 Å². The molecule has 1 aliphatic carbocycles. The van der Waals surface area contributed by atoms with E-state index in [2.05, 4.69) is 11.2 Å². The first-order chi connectivity index (χ1) is 9.10. The Labute approximate surface area is 110 Å². The predicted octanol–water partition coefficient (Wildman–Crippen LogP) is 2.84. The van der Waals surface area contributed by atoms with Gasteiger partial charge in [-0.3, -0.25) is 0 Å². The highest BCUT2D eigenvalue weighted by atomic mass is 19.1. The number of nitrogens with zero attached hydrogens (tertiary/aromatic N) is 1. The van der Waals surface area contributed by atoms with E-state index in [-0.39, 0.29) is 12.2 Å². The van der Waals surface area contributed by atoms with Crippen molar-refractivity contribution in [2.24, 2.45) is 5.92 Å². The molecule has 0 heterocycles. The number of carbonyl (C=O) groups excluding carboxylic acids is 1. The maximum atomic E-state index is 13.4. The molecule has 0 aromatic heterocycles. The van der Waals surface area contributed by atoms with E-state index in [1.165, 1.54) is 11.0 Å². The lowest BCUT2D eigenvalue weighted by molar-refractivity contribution is 0.215. The third kappa shape index (κ3) is 3.68. The molecule has 0 unspecified atom stereocenters. The van der Waals surface area contributed by atoms with E-state index in [9.17, 15) is 13.6 Å². The van der Waals surface area contributed by atoms with Gasteiger partial charge in [-0.05, 0) is 30.9 Å². The van der Waals surface area contributed by atoms with E-state index in [0.29, 0.717) is 12.5 Å². The Balaban J connectivity index is 2.02. The molecule has 1 saturated carbocycles. The van der Waals surface area contributed by atoms with E-state index in [1.54, 1.807) is 0 Å². The van der Waals surface area contributed by atoms with Crippen LogP contribution in [0.25, 0.3) is 0 Å². The number of carbonyl (C=O) groups is 1. The highest BCUT2D eigenvalue weighted by Crippen LogP contribution is 2.29. The Morgan fingerprint density at radius 3 is 2.79 bits per heavy atom. The second-order valence-corrected chi connectivity index (χ2v) is 4.58. The lowest BCUT2D eigenvalue weighted by Crippen LogP contribution is -2.37. The molecule has 1 aliphatic rings. The van der Waals surface area contributed by atoms with Crippen LogP contribution in [0.1, 0.15) is 12.8 Å². The number of urea groups is 1. The smallest absolute Gasteiger partial charge is 0.313 e. The van der Waals surface area contributed by atoms with Crippen LogP contribution in [0.2, 0.25) is 0 Å². The van der Waals surface area contributed by atoms with Gasteiger partial charge in [0.1, 0.15) is 11.6 Å². The molecule has 0 spiro atoms. The fourth-order valence-corrected chi connectivity index (χ4v) is 1.73. The number of anilines is 1. The van der Waals surface area contributed by atoms with Crippen LogP contribution >= 0.6 is 0 Å². The fourth-order valence-electron chi connectivity index (χ4n) is 1.73. The van der Waals surface area contributed by atoms with Gasteiger partial charge in [0.2, 0.25) is 0 Å². The molecule has 2 amide bonds. The zero-order valence-electron chi connectivity index (χ0n) is 10.3. The summed E-state index contributed by atoms with van der Waals surface area (Å²) >= 11 is 0. The second kappa shape index (κ2) is 5.70. The largest absolute Gasteiger partial charge is 0.322 e. The number of rotatable bonds is 4. The van der Waals surface area contributed by atoms with Crippen molar-refractivity contribution in [1.82, 2.24) is 4.90 Å². The molecule has 100 valence electrons. The molecule has 5 heteroatoms. The van der Waals surface area contributed by atoms with Gasteiger partial charge in [-0.25, -0.2) is 13.6 Å². The minimum atomic E-state index is -0.805. The van der Waals surface area contributed by atoms with Gasteiger partial charge in [0.25, 0.3) is 0 Å². The summed E-state index contributed by atoms with van der Waals surface area (Å²) in [6.45, 7) is 0.740. The molecule has 0 bridgehead atoms. The Morgan fingerprint density at radius 1 is 1.47 bits per heavy atom. The third-order valence-corrected chi connectivity index (χ3v) is 2.92. The van der Waals surface area contributed by atoms with Crippen LogP contribution in [0.15, 0.2) is 18.2 Å². The summed E-state index contributed by atoms with van der Waals surface area (Å²) in [4.78, 5) is 13.4. The number of benzene rings is 1. The van der Waals surface area contributed by atoms with Crippen molar-refractivity contribution in [3.05, 3.63) is 29.8 Å². The summed E-state index contributed by atoms with van der Waals surface area (Å²) < 4.78 is 26.2. The zero-order valence-corrected chi connectivity index (χ0v) is 10.3. The van der Waals surface area contributed by atoms with E-state index in [4.69, 9.17) is 6.42 Å². The van der Waals surface area contributed by atoms with Crippen LogP contribution in [-0.4, -0.2) is 24.0 Å². The lowest BCUT2D eigenvalue weighted by atomic mass is 10.3. The predicted molar refractivity (Wildman–Crippen MR) is 68.5 cm³/mol. The van der Waals surface area contributed by atoms with Gasteiger partial charge in [-0.1, -0.05) is 5.92 Å². The van der Waals surface area contributed by atoms with Crippen LogP contribution in [0.3, 0.4) is 0 Å². The molecule has 2 rings (SSSR count). The van der Waals surface area contributed by atoms with Crippen LogP contribution in [-0.2, 0) is 0 Å². The molecule has 1 fully saturated rings. The normalized spacial score (nSPS) is 13.7. The van der Waals surface area contributed by atoms with Gasteiger partial charge < -0.3 is 10.2 Å². The fraction of sp³-hybridized carbons (Fsp3) is 0.357. The summed E-state index contributed by atoms with van der Waals surface area (Å²) in [7, 11) is 0. The van der Waals surface area contributed by atoms with Crippen LogP contribution < -0.4 is 5.32 Å². The number of hydrogen-bond acceptors (Lipinski definition) is 1. The maximum Gasteiger partial charge on any atom is 0.322 e. The molecule has 19 heavy (non-hydrogen) atoms. The van der Waals surface area contributed by atoms with E-state index >= 15 is 0 Å². The number of halogens is 2. The molecular formula is C14H14F2N2O. The van der Waals surface area contributed by atoms with Crippen molar-refractivity contribution in [3.8, 4) is 12.3 Å². The Morgan fingerprint density at radius 2 is 2.21 bits per heavy atom. The van der Waals surface area contributed by atoms with Crippen molar-refractivity contribution in [2.45, 2.75) is 12.8 Å². The average Bonchev–Trinajstić information content (AvgIpc) is 3.16. The monoisotopic (exact) mass is 264 g/mol. The highest BCUT2D eigenvalue weighted by molar-refractivity contribution is 5.89. The Kier molecular flexibility index (Phi) is 4.00. The summed E-state index contributed by atoms with van der Waals surface area (Å²) in [5.74, 6) is 1.39. The Bertz CT molecular complexity index is 521. The van der Waals surface area contributed by atoms with E-state index < -0.39 is 17.7 Å². The number of nitrogens with one attached hydrogen (secondary N) is 1. The van der Waals surface area contributed by atoms with Crippen molar-refractivity contribution < 1.29 is 13.6 Å². The summed E-state index contributed by atoms with van der Waals surface area (Å²) in [5.41, 5.74) is -0.0516. The molecule has 0 atom stereocenters. The van der Waals surface area contributed by atoms with Gasteiger partial charge in [-0.2, -0.15) is 0 Å². The van der Waals surface area contributed by atoms with Gasteiger partial charge in [0, 0.05) is 12.6 Å². The van der Waals surface area contributed by atoms with Crippen LogP contribution in [0.5, 0.6) is 0 Å². The molecule has 0 saturated heterocycles. The standard InChI is InChI=1S/C14H14F2N2O/c1-2-7-18(9-10-3-4-10)14(19)17-13-6-5-11(15)8-12(13)16/h1,5-6,8,10H,3-4,7,9H2,(H,17,19). The number of terminal acetylenes is 1. The molecular weight excluding hydrogens is 250 g/mol. The molecule has 1 aromatic carbocycles. The van der Waals surface area contributed by atoms with Crippen molar-refractivity contribution in [3.63, 3.8) is 0 Å². The second-order valence-electron chi connectivity index (χ2n) is 4.58. The van der Waals surface area contributed by atoms with Crippen molar-refractivity contribution in [2.75, 3.05) is 18.4 Å². The first-order valence-electron chi connectivity index (χ1n) is 6.04. The highest BCUT2D eigenvalue weighted by Gasteiger charge is 2.26. The molecule has 1 N–H and O–H groups in total. The summed E-state index contributed by atoms with van der Waals surface area (Å²) in [6, 6.07) is 2.54. The van der Waals surface area contributed by atoms with Crippen molar-refractivity contribution >= 4 is 11.7 Å².